The van der Waals surface area contributed by atoms with Crippen LogP contribution in [-0.4, -0.2) is 41.8 Å². The number of fused-ring (bicyclic) bond motifs is 2. The summed E-state index contributed by atoms with van der Waals surface area (Å²) >= 11 is 0. The molecule has 0 aliphatic carbocycles. The van der Waals surface area contributed by atoms with Crippen molar-refractivity contribution in [3.8, 4) is 0 Å². The van der Waals surface area contributed by atoms with Gasteiger partial charge in [-0.05, 0) is 31.4 Å². The second-order valence-electron chi connectivity index (χ2n) is 7.91. The summed E-state index contributed by atoms with van der Waals surface area (Å²) in [7, 11) is 0. The Morgan fingerprint density at radius 1 is 1.26 bits per heavy atom. The van der Waals surface area contributed by atoms with Crippen molar-refractivity contribution in [2.24, 2.45) is 5.73 Å². The Bertz CT molecular complexity index is 1270. The van der Waals surface area contributed by atoms with Gasteiger partial charge in [0.05, 0.1) is 18.5 Å². The van der Waals surface area contributed by atoms with E-state index in [1.54, 1.807) is 23.3 Å². The number of anilines is 1. The lowest BCUT2D eigenvalue weighted by molar-refractivity contribution is 0.110. The van der Waals surface area contributed by atoms with Gasteiger partial charge in [-0.3, -0.25) is 4.90 Å². The van der Waals surface area contributed by atoms with Crippen LogP contribution in [0.3, 0.4) is 0 Å². The van der Waals surface area contributed by atoms with E-state index in [-0.39, 0.29) is 12.1 Å². The van der Waals surface area contributed by atoms with Crippen molar-refractivity contribution in [2.75, 3.05) is 11.5 Å². The van der Waals surface area contributed by atoms with Crippen molar-refractivity contribution in [3.05, 3.63) is 66.1 Å². The average Bonchev–Trinajstić information content (AvgIpc) is 3.56. The molecule has 10 nitrogen and oxygen atoms in total. The summed E-state index contributed by atoms with van der Waals surface area (Å²) in [4.78, 5) is 15.6. The monoisotopic (exact) mass is 418 g/mol. The molecule has 0 bridgehead atoms. The highest BCUT2D eigenvalue weighted by Crippen LogP contribution is 2.36. The van der Waals surface area contributed by atoms with Gasteiger partial charge < -0.3 is 19.3 Å². The average molecular weight is 418 g/mol. The summed E-state index contributed by atoms with van der Waals surface area (Å²) in [5, 5.41) is 4.69. The SMILES string of the molecule is Cc1cnc2ccc(C3c4nc(CC5CCCO5)nn4C(N)=CN3c3ncco3)cn12. The first kappa shape index (κ1) is 18.1. The molecule has 10 heteroatoms. The minimum absolute atomic E-state index is 0.154. The van der Waals surface area contributed by atoms with Crippen molar-refractivity contribution >= 4 is 17.5 Å². The minimum atomic E-state index is -0.317. The van der Waals surface area contributed by atoms with E-state index in [0.29, 0.717) is 24.1 Å². The van der Waals surface area contributed by atoms with Gasteiger partial charge in [0.25, 0.3) is 0 Å². The van der Waals surface area contributed by atoms with E-state index < -0.39 is 0 Å². The number of hydrogen-bond acceptors (Lipinski definition) is 8. The van der Waals surface area contributed by atoms with E-state index in [2.05, 4.69) is 20.6 Å². The molecule has 158 valence electrons. The maximum Gasteiger partial charge on any atom is 0.302 e. The molecule has 0 aromatic carbocycles. The second-order valence-corrected chi connectivity index (χ2v) is 7.91. The molecule has 2 aliphatic heterocycles. The van der Waals surface area contributed by atoms with Gasteiger partial charge in [0, 0.05) is 31.1 Å². The lowest BCUT2D eigenvalue weighted by atomic mass is 10.1. The third kappa shape index (κ3) is 2.98. The highest BCUT2D eigenvalue weighted by atomic mass is 16.5. The molecule has 0 spiro atoms. The minimum Gasteiger partial charge on any atom is -0.432 e. The molecular formula is C21H22N8O2. The molecule has 2 aliphatic rings. The smallest absolute Gasteiger partial charge is 0.302 e. The third-order valence-corrected chi connectivity index (χ3v) is 5.82. The van der Waals surface area contributed by atoms with E-state index in [4.69, 9.17) is 25.0 Å². The zero-order chi connectivity index (χ0) is 20.9. The van der Waals surface area contributed by atoms with Crippen molar-refractivity contribution in [3.63, 3.8) is 0 Å². The quantitative estimate of drug-likeness (QED) is 0.537. The normalized spacial score (nSPS) is 20.9. The van der Waals surface area contributed by atoms with E-state index >= 15 is 0 Å². The van der Waals surface area contributed by atoms with Crippen LogP contribution in [0.25, 0.3) is 11.5 Å². The Labute approximate surface area is 178 Å². The Morgan fingerprint density at radius 3 is 3.00 bits per heavy atom. The Hall–Kier alpha value is -3.66. The molecule has 6 heterocycles. The fourth-order valence-corrected chi connectivity index (χ4v) is 4.33. The number of imidazole rings is 1. The lowest BCUT2D eigenvalue weighted by Gasteiger charge is -2.31. The maximum atomic E-state index is 6.37. The number of hydrogen-bond donors (Lipinski definition) is 1. The standard InChI is InChI=1S/C21H22N8O2/c1-13-10-24-18-5-4-14(11-27(13)18)19-20-25-17(9-15-3-2-7-30-15)26-29(20)16(22)12-28(19)21-23-6-8-31-21/h4-6,8,10-12,15,19H,2-3,7,9,22H2,1H3. The van der Waals surface area contributed by atoms with Gasteiger partial charge in [-0.2, -0.15) is 4.68 Å². The number of nitrogens with zero attached hydrogens (tertiary/aromatic N) is 7. The summed E-state index contributed by atoms with van der Waals surface area (Å²) in [5.74, 6) is 1.89. The van der Waals surface area contributed by atoms with Crippen LogP contribution in [-0.2, 0) is 11.2 Å². The van der Waals surface area contributed by atoms with Crippen LogP contribution in [0.1, 0.15) is 41.8 Å². The van der Waals surface area contributed by atoms with Crippen molar-refractivity contribution in [1.29, 1.82) is 0 Å². The third-order valence-electron chi connectivity index (χ3n) is 5.82. The van der Waals surface area contributed by atoms with Gasteiger partial charge in [-0.25, -0.2) is 15.0 Å². The molecule has 2 unspecified atom stereocenters. The summed E-state index contributed by atoms with van der Waals surface area (Å²) in [5.41, 5.74) is 9.29. The van der Waals surface area contributed by atoms with Crippen LogP contribution in [0.5, 0.6) is 0 Å². The number of oxazole rings is 1. The molecule has 2 atom stereocenters. The lowest BCUT2D eigenvalue weighted by Crippen LogP contribution is -2.34. The van der Waals surface area contributed by atoms with Crippen molar-refractivity contribution < 1.29 is 9.15 Å². The molecule has 4 aromatic heterocycles. The van der Waals surface area contributed by atoms with E-state index in [9.17, 15) is 0 Å². The molecular weight excluding hydrogens is 396 g/mol. The zero-order valence-electron chi connectivity index (χ0n) is 17.0. The van der Waals surface area contributed by atoms with Crippen LogP contribution in [0.15, 0.2) is 47.6 Å². The van der Waals surface area contributed by atoms with E-state index in [0.717, 1.165) is 42.2 Å². The van der Waals surface area contributed by atoms with E-state index in [1.165, 1.54) is 0 Å². The molecule has 1 saturated heterocycles. The molecule has 0 radical (unpaired) electrons. The molecule has 1 fully saturated rings. The number of rotatable bonds is 4. The van der Waals surface area contributed by atoms with Crippen LogP contribution in [0.4, 0.5) is 6.01 Å². The molecule has 0 amide bonds. The first-order valence-electron chi connectivity index (χ1n) is 10.3. The zero-order valence-corrected chi connectivity index (χ0v) is 17.0. The largest absolute Gasteiger partial charge is 0.432 e. The molecule has 0 saturated carbocycles. The second kappa shape index (κ2) is 6.95. The number of nitrogens with two attached hydrogens (primary N) is 1. The van der Waals surface area contributed by atoms with Gasteiger partial charge in [0.15, 0.2) is 11.6 Å². The predicted molar refractivity (Wildman–Crippen MR) is 112 cm³/mol. The number of ether oxygens (including phenoxy) is 1. The molecule has 4 aromatic rings. The highest BCUT2D eigenvalue weighted by Gasteiger charge is 2.35. The van der Waals surface area contributed by atoms with Gasteiger partial charge in [-0.15, -0.1) is 5.10 Å². The Morgan fingerprint density at radius 2 is 2.19 bits per heavy atom. The predicted octanol–water partition coefficient (Wildman–Crippen LogP) is 2.27. The van der Waals surface area contributed by atoms with Crippen LogP contribution >= 0.6 is 0 Å². The molecule has 2 N–H and O–H groups in total. The van der Waals surface area contributed by atoms with Crippen molar-refractivity contribution in [1.82, 2.24) is 29.1 Å². The fraction of sp³-hybridized carbons (Fsp3) is 0.333. The van der Waals surface area contributed by atoms with Gasteiger partial charge in [-0.1, -0.05) is 6.07 Å². The Kier molecular flexibility index (Phi) is 4.06. The molecule has 31 heavy (non-hydrogen) atoms. The van der Waals surface area contributed by atoms with Gasteiger partial charge >= 0.3 is 6.01 Å². The summed E-state index contributed by atoms with van der Waals surface area (Å²) < 4.78 is 15.2. The fourth-order valence-electron chi connectivity index (χ4n) is 4.33. The summed E-state index contributed by atoms with van der Waals surface area (Å²) in [6.45, 7) is 2.82. The van der Waals surface area contributed by atoms with E-state index in [1.807, 2.05) is 30.2 Å². The number of aryl methyl sites for hydroxylation is 1. The molecule has 6 rings (SSSR count). The van der Waals surface area contributed by atoms with Crippen molar-refractivity contribution in [2.45, 2.75) is 38.3 Å². The van der Waals surface area contributed by atoms with Crippen LogP contribution in [0.2, 0.25) is 0 Å². The van der Waals surface area contributed by atoms with Crippen LogP contribution < -0.4 is 10.6 Å². The summed E-state index contributed by atoms with van der Waals surface area (Å²) in [6, 6.07) is 4.15. The number of aromatic nitrogens is 6. The maximum absolute atomic E-state index is 6.37. The van der Waals surface area contributed by atoms with Crippen LogP contribution in [0, 0.1) is 6.92 Å². The Balaban J connectivity index is 1.48. The first-order valence-corrected chi connectivity index (χ1v) is 10.3. The topological polar surface area (TPSA) is 113 Å². The summed E-state index contributed by atoms with van der Waals surface area (Å²) in [6.07, 6.45) is 11.8. The highest BCUT2D eigenvalue weighted by molar-refractivity contribution is 5.57. The van der Waals surface area contributed by atoms with Gasteiger partial charge in [0.1, 0.15) is 23.8 Å². The first-order chi connectivity index (χ1) is 15.2. The van der Waals surface area contributed by atoms with Gasteiger partial charge in [0.2, 0.25) is 0 Å². The number of pyridine rings is 1.